The lowest BCUT2D eigenvalue weighted by molar-refractivity contribution is -0.129. The minimum Gasteiger partial charge on any atom is -0.391 e. The van der Waals surface area contributed by atoms with Crippen LogP contribution in [-0.4, -0.2) is 23.3 Å². The van der Waals surface area contributed by atoms with Gasteiger partial charge in [-0.1, -0.05) is 19.3 Å². The molecule has 0 spiro atoms. The molecule has 0 aromatic rings. The van der Waals surface area contributed by atoms with Crippen molar-refractivity contribution in [2.45, 2.75) is 95.7 Å². The van der Waals surface area contributed by atoms with Crippen molar-refractivity contribution >= 4 is 0 Å². The smallest absolute Gasteiger partial charge is 0.0746 e. The summed E-state index contributed by atoms with van der Waals surface area (Å²) in [6, 6.07) is 0.946. The number of rotatable bonds is 4. The van der Waals surface area contributed by atoms with E-state index in [9.17, 15) is 5.11 Å². The van der Waals surface area contributed by atoms with E-state index in [4.69, 9.17) is 0 Å². The summed E-state index contributed by atoms with van der Waals surface area (Å²) in [5.74, 6) is 2.81. The van der Waals surface area contributed by atoms with Crippen molar-refractivity contribution in [1.29, 1.82) is 0 Å². The lowest BCUT2D eigenvalue weighted by Gasteiger charge is -2.59. The lowest BCUT2D eigenvalue weighted by atomic mass is 9.47. The molecule has 120 valence electrons. The Balaban J connectivity index is 1.42. The summed E-state index contributed by atoms with van der Waals surface area (Å²) in [7, 11) is 0. The summed E-state index contributed by atoms with van der Waals surface area (Å²) in [5.41, 5.74) is 0.274. The fourth-order valence-corrected chi connectivity index (χ4v) is 6.80. The minimum atomic E-state index is -0.118. The Labute approximate surface area is 130 Å². The van der Waals surface area contributed by atoms with Crippen molar-refractivity contribution in [2.75, 3.05) is 0 Å². The van der Waals surface area contributed by atoms with Crippen molar-refractivity contribution in [2.24, 2.45) is 23.2 Å². The van der Waals surface area contributed by atoms with Crippen LogP contribution in [0.25, 0.3) is 0 Å². The van der Waals surface area contributed by atoms with E-state index < -0.39 is 0 Å². The molecule has 0 saturated heterocycles. The van der Waals surface area contributed by atoms with Gasteiger partial charge >= 0.3 is 0 Å². The summed E-state index contributed by atoms with van der Waals surface area (Å²) in [6.07, 6.45) is 15.0. The average Bonchev–Trinajstić information content (AvgIpc) is 2.46. The van der Waals surface area contributed by atoms with Gasteiger partial charge in [-0.15, -0.1) is 0 Å². The molecule has 0 heterocycles. The van der Waals surface area contributed by atoms with Gasteiger partial charge in [-0.25, -0.2) is 0 Å². The van der Waals surface area contributed by atoms with Gasteiger partial charge in [0, 0.05) is 12.1 Å². The van der Waals surface area contributed by atoms with Crippen molar-refractivity contribution in [3.63, 3.8) is 0 Å². The molecular formula is C19H33NO. The summed E-state index contributed by atoms with van der Waals surface area (Å²) >= 11 is 0. The Morgan fingerprint density at radius 1 is 0.905 bits per heavy atom. The monoisotopic (exact) mass is 291 g/mol. The van der Waals surface area contributed by atoms with Crippen LogP contribution >= 0.6 is 0 Å². The molecule has 0 radical (unpaired) electrons. The topological polar surface area (TPSA) is 32.3 Å². The third-order valence-corrected chi connectivity index (χ3v) is 7.29. The standard InChI is InChI=1S/C19H33NO/c1-13(20-17-5-3-2-4-6-17)18(21)19-10-14-7-15(11-19)9-16(8-14)12-19/h13-18,20-21H,2-12H2,1H3/t13-,14?,15?,16?,18-,19?/m1/s1. The molecule has 0 amide bonds. The highest BCUT2D eigenvalue weighted by atomic mass is 16.3. The number of aliphatic hydroxyl groups is 1. The second-order valence-corrected chi connectivity index (χ2v) is 9.02. The van der Waals surface area contributed by atoms with Crippen LogP contribution in [0, 0.1) is 23.2 Å². The lowest BCUT2D eigenvalue weighted by Crippen LogP contribution is -2.58. The number of hydrogen-bond acceptors (Lipinski definition) is 2. The number of hydrogen-bond donors (Lipinski definition) is 2. The zero-order valence-electron chi connectivity index (χ0n) is 13.7. The minimum absolute atomic E-state index is 0.118. The fraction of sp³-hybridized carbons (Fsp3) is 1.00. The Hall–Kier alpha value is -0.0800. The van der Waals surface area contributed by atoms with Gasteiger partial charge < -0.3 is 10.4 Å². The Morgan fingerprint density at radius 2 is 1.43 bits per heavy atom. The van der Waals surface area contributed by atoms with Gasteiger partial charge in [0.05, 0.1) is 6.10 Å². The molecule has 0 unspecified atom stereocenters. The molecule has 0 aromatic heterocycles. The first-order valence-corrected chi connectivity index (χ1v) is 9.59. The second-order valence-electron chi connectivity index (χ2n) is 9.02. The zero-order valence-corrected chi connectivity index (χ0v) is 13.7. The molecule has 5 rings (SSSR count). The maximum absolute atomic E-state index is 11.2. The van der Waals surface area contributed by atoms with Gasteiger partial charge in [0.2, 0.25) is 0 Å². The molecule has 2 nitrogen and oxygen atoms in total. The first kappa shape index (κ1) is 14.5. The van der Waals surface area contributed by atoms with Crippen molar-refractivity contribution in [1.82, 2.24) is 5.32 Å². The van der Waals surface area contributed by atoms with E-state index >= 15 is 0 Å². The quantitative estimate of drug-likeness (QED) is 0.824. The van der Waals surface area contributed by atoms with E-state index in [0.717, 1.165) is 17.8 Å². The molecule has 5 saturated carbocycles. The van der Waals surface area contributed by atoms with Crippen molar-refractivity contribution in [3.05, 3.63) is 0 Å². The molecule has 2 atom stereocenters. The molecule has 2 N–H and O–H groups in total. The van der Waals surface area contributed by atoms with Crippen LogP contribution in [0.3, 0.4) is 0 Å². The normalized spacial score (nSPS) is 45.7. The average molecular weight is 291 g/mol. The van der Waals surface area contributed by atoms with E-state index in [1.54, 1.807) is 0 Å². The molecule has 5 fully saturated rings. The fourth-order valence-electron chi connectivity index (χ4n) is 6.80. The summed E-state index contributed by atoms with van der Waals surface area (Å²) in [5, 5.41) is 14.9. The summed E-state index contributed by atoms with van der Waals surface area (Å²) in [4.78, 5) is 0. The maximum atomic E-state index is 11.2. The molecule has 0 aromatic carbocycles. The van der Waals surface area contributed by atoms with Gasteiger partial charge in [-0.05, 0) is 81.5 Å². The predicted octanol–water partition coefficient (Wildman–Crippen LogP) is 3.87. The van der Waals surface area contributed by atoms with E-state index in [-0.39, 0.29) is 17.6 Å². The van der Waals surface area contributed by atoms with Crippen LogP contribution < -0.4 is 5.32 Å². The molecule has 2 heteroatoms. The molecule has 0 aliphatic heterocycles. The van der Waals surface area contributed by atoms with Gasteiger partial charge in [-0.3, -0.25) is 0 Å². The third kappa shape index (κ3) is 2.67. The Bertz CT molecular complexity index is 338. The highest BCUT2D eigenvalue weighted by molar-refractivity contribution is 5.06. The second kappa shape index (κ2) is 5.53. The van der Waals surface area contributed by atoms with E-state index in [1.807, 2.05) is 0 Å². The van der Waals surface area contributed by atoms with E-state index in [1.165, 1.54) is 70.6 Å². The van der Waals surface area contributed by atoms with Gasteiger partial charge in [0.15, 0.2) is 0 Å². The summed E-state index contributed by atoms with van der Waals surface area (Å²) in [6.45, 7) is 2.25. The van der Waals surface area contributed by atoms with Gasteiger partial charge in [0.1, 0.15) is 0 Å². The largest absolute Gasteiger partial charge is 0.391 e. The number of aliphatic hydroxyl groups excluding tert-OH is 1. The van der Waals surface area contributed by atoms with Crippen molar-refractivity contribution in [3.8, 4) is 0 Å². The van der Waals surface area contributed by atoms with Crippen LogP contribution in [0.4, 0.5) is 0 Å². The molecule has 5 aliphatic rings. The van der Waals surface area contributed by atoms with E-state index in [0.29, 0.717) is 6.04 Å². The highest BCUT2D eigenvalue weighted by Crippen LogP contribution is 2.61. The van der Waals surface area contributed by atoms with Crippen molar-refractivity contribution < 1.29 is 5.11 Å². The van der Waals surface area contributed by atoms with Crippen LogP contribution in [0.5, 0.6) is 0 Å². The Kier molecular flexibility index (Phi) is 3.82. The SMILES string of the molecule is C[C@@H](NC1CCCCC1)[C@@H](O)C12CC3CC(CC(C3)C1)C2. The Morgan fingerprint density at radius 3 is 1.95 bits per heavy atom. The first-order valence-electron chi connectivity index (χ1n) is 9.59. The molecule has 5 aliphatic carbocycles. The predicted molar refractivity (Wildman–Crippen MR) is 86.1 cm³/mol. The molecular weight excluding hydrogens is 258 g/mol. The summed E-state index contributed by atoms with van der Waals surface area (Å²) < 4.78 is 0. The molecule has 4 bridgehead atoms. The van der Waals surface area contributed by atoms with Gasteiger partial charge in [-0.2, -0.15) is 0 Å². The molecule has 21 heavy (non-hydrogen) atoms. The highest BCUT2D eigenvalue weighted by Gasteiger charge is 2.54. The number of nitrogens with one attached hydrogen (secondary N) is 1. The van der Waals surface area contributed by atoms with Crippen LogP contribution in [-0.2, 0) is 0 Å². The third-order valence-electron chi connectivity index (χ3n) is 7.29. The van der Waals surface area contributed by atoms with E-state index in [2.05, 4.69) is 12.2 Å². The zero-order chi connectivity index (χ0) is 14.4. The van der Waals surface area contributed by atoms with Crippen LogP contribution in [0.15, 0.2) is 0 Å². The maximum Gasteiger partial charge on any atom is 0.0746 e. The van der Waals surface area contributed by atoms with Crippen LogP contribution in [0.2, 0.25) is 0 Å². The van der Waals surface area contributed by atoms with Gasteiger partial charge in [0.25, 0.3) is 0 Å². The first-order chi connectivity index (χ1) is 10.1. The van der Waals surface area contributed by atoms with Crippen LogP contribution in [0.1, 0.15) is 77.6 Å².